The average Bonchev–Trinajstić information content (AvgIpc) is 2.19. The normalized spacial score (nSPS) is 10.8. The molecule has 3 heteroatoms. The van der Waals surface area contributed by atoms with Crippen LogP contribution in [0.5, 0.6) is 0 Å². The molecule has 0 rings (SSSR count). The Balaban J connectivity index is 3.54. The highest BCUT2D eigenvalue weighted by Crippen LogP contribution is 2.07. The van der Waals surface area contributed by atoms with Crippen molar-refractivity contribution < 1.29 is 4.79 Å². The molecule has 0 saturated heterocycles. The van der Waals surface area contributed by atoms with E-state index in [2.05, 4.69) is 53.7 Å². The number of hydrogen-bond acceptors (Lipinski definition) is 1. The maximum Gasteiger partial charge on any atom is 0.204 e. The van der Waals surface area contributed by atoms with E-state index in [1.54, 1.807) is 0 Å². The minimum Gasteiger partial charge on any atom is -0.285 e. The van der Waals surface area contributed by atoms with Gasteiger partial charge in [-0.15, -0.1) is 5.54 Å². The van der Waals surface area contributed by atoms with Gasteiger partial charge < -0.3 is 0 Å². The summed E-state index contributed by atoms with van der Waals surface area (Å²) in [5, 5.41) is 0. The van der Waals surface area contributed by atoms with Crippen LogP contribution in [0.15, 0.2) is 0 Å². The maximum absolute atomic E-state index is 11.4. The molecule has 1 nitrogen and oxygen atoms in total. The van der Waals surface area contributed by atoms with E-state index in [-0.39, 0.29) is 5.78 Å². The van der Waals surface area contributed by atoms with Crippen molar-refractivity contribution in [3.8, 4) is 11.5 Å². The quantitative estimate of drug-likeness (QED) is 0.221. The molecule has 0 amide bonds. The fourth-order valence-electron chi connectivity index (χ4n) is 1.23. The molecule has 0 aromatic heterocycles. The molecule has 0 saturated carbocycles. The van der Waals surface area contributed by atoms with Crippen LogP contribution in [0.3, 0.4) is 0 Å². The summed E-state index contributed by atoms with van der Waals surface area (Å²) in [6.07, 6.45) is 6.72. The zero-order chi connectivity index (χ0) is 12.4. The van der Waals surface area contributed by atoms with E-state index < -0.39 is 8.07 Å². The molecule has 0 aliphatic rings. The Morgan fingerprint density at radius 2 is 1.62 bits per heavy atom. The van der Waals surface area contributed by atoms with Gasteiger partial charge in [0.05, 0.1) is 0 Å². The smallest absolute Gasteiger partial charge is 0.204 e. The minimum absolute atomic E-state index is 0.135. The van der Waals surface area contributed by atoms with Crippen molar-refractivity contribution in [2.75, 3.05) is 4.43 Å². The lowest BCUT2D eigenvalue weighted by molar-refractivity contribution is -0.113. The van der Waals surface area contributed by atoms with Crippen LogP contribution in [-0.4, -0.2) is 18.3 Å². The highest BCUT2D eigenvalue weighted by atomic mass is 127. The fourth-order valence-corrected chi connectivity index (χ4v) is 2.28. The Morgan fingerprint density at radius 1 is 1.06 bits per heavy atom. The Bertz CT molecular complexity index is 257. The maximum atomic E-state index is 11.4. The van der Waals surface area contributed by atoms with Crippen molar-refractivity contribution in [3.05, 3.63) is 0 Å². The van der Waals surface area contributed by atoms with Gasteiger partial charge in [0.2, 0.25) is 5.78 Å². The van der Waals surface area contributed by atoms with E-state index in [9.17, 15) is 4.79 Å². The summed E-state index contributed by atoms with van der Waals surface area (Å²) in [4.78, 5) is 11.4. The molecule has 0 unspecified atom stereocenters. The molecule has 92 valence electrons. The fraction of sp³-hybridized carbons (Fsp3) is 0.769. The van der Waals surface area contributed by atoms with Crippen LogP contribution in [0, 0.1) is 11.5 Å². The molecule has 0 aromatic rings. The van der Waals surface area contributed by atoms with Crippen molar-refractivity contribution in [1.82, 2.24) is 0 Å². The van der Waals surface area contributed by atoms with Gasteiger partial charge in [0.15, 0.2) is 0 Å². The number of carbonyl (C=O) groups is 1. The number of ketones is 1. The van der Waals surface area contributed by atoms with Gasteiger partial charge in [0, 0.05) is 6.42 Å². The lowest BCUT2D eigenvalue weighted by atomic mass is 10.1. The highest BCUT2D eigenvalue weighted by molar-refractivity contribution is 14.1. The summed E-state index contributed by atoms with van der Waals surface area (Å²) >= 11 is 2.41. The lowest BCUT2D eigenvalue weighted by Gasteiger charge is -2.03. The summed E-state index contributed by atoms with van der Waals surface area (Å²) in [6.45, 7) is 6.49. The molecule has 0 radical (unpaired) electrons. The van der Waals surface area contributed by atoms with Crippen molar-refractivity contribution >= 4 is 36.4 Å². The van der Waals surface area contributed by atoms with Crippen molar-refractivity contribution in [1.29, 1.82) is 0 Å². The summed E-state index contributed by atoms with van der Waals surface area (Å²) in [5.41, 5.74) is 3.12. The Labute approximate surface area is 115 Å². The Morgan fingerprint density at radius 3 is 2.19 bits per heavy atom. The Hall–Kier alpha value is 0.177. The second-order valence-electron chi connectivity index (χ2n) is 5.13. The molecule has 0 aromatic carbocycles. The van der Waals surface area contributed by atoms with E-state index in [4.69, 9.17) is 0 Å². The number of hydrogen-bond donors (Lipinski definition) is 0. The van der Waals surface area contributed by atoms with Gasteiger partial charge in [0.1, 0.15) is 8.07 Å². The number of halogens is 1. The van der Waals surface area contributed by atoms with Gasteiger partial charge >= 0.3 is 0 Å². The van der Waals surface area contributed by atoms with Gasteiger partial charge in [-0.25, -0.2) is 0 Å². The first kappa shape index (κ1) is 16.2. The molecule has 16 heavy (non-hydrogen) atoms. The van der Waals surface area contributed by atoms with E-state index in [1.165, 1.54) is 30.1 Å². The van der Waals surface area contributed by atoms with Gasteiger partial charge in [-0.2, -0.15) is 0 Å². The lowest BCUT2D eigenvalue weighted by Crippen LogP contribution is -2.17. The van der Waals surface area contributed by atoms with Crippen LogP contribution in [-0.2, 0) is 4.79 Å². The number of alkyl halides is 1. The third kappa shape index (κ3) is 12.2. The zero-order valence-corrected chi connectivity index (χ0v) is 13.9. The molecule has 0 bridgehead atoms. The molecule has 0 N–H and O–H groups in total. The molecular weight excluding hydrogens is 327 g/mol. The first-order valence-corrected chi connectivity index (χ1v) is 11.1. The highest BCUT2D eigenvalue weighted by Gasteiger charge is 2.08. The summed E-state index contributed by atoms with van der Waals surface area (Å²) in [5.74, 6) is 2.93. The summed E-state index contributed by atoms with van der Waals surface area (Å²) < 4.78 is 1.25. The number of carbonyl (C=O) groups excluding carboxylic acids is 1. The molecule has 0 atom stereocenters. The van der Waals surface area contributed by atoms with E-state index in [0.717, 1.165) is 6.42 Å². The van der Waals surface area contributed by atoms with Crippen LogP contribution >= 0.6 is 22.6 Å². The van der Waals surface area contributed by atoms with Crippen molar-refractivity contribution in [2.24, 2.45) is 0 Å². The number of unbranched alkanes of at least 4 members (excludes halogenated alkanes) is 4. The monoisotopic (exact) mass is 350 g/mol. The molecule has 0 fully saturated rings. The van der Waals surface area contributed by atoms with Crippen LogP contribution < -0.4 is 0 Å². The van der Waals surface area contributed by atoms with E-state index in [1.807, 2.05) is 0 Å². The summed E-state index contributed by atoms with van der Waals surface area (Å²) in [7, 11) is -1.37. The molecule has 0 heterocycles. The van der Waals surface area contributed by atoms with Crippen molar-refractivity contribution in [2.45, 2.75) is 58.2 Å². The second kappa shape index (κ2) is 9.23. The third-order valence-corrected chi connectivity index (χ3v) is 3.75. The van der Waals surface area contributed by atoms with Gasteiger partial charge in [-0.3, -0.25) is 4.79 Å². The van der Waals surface area contributed by atoms with Gasteiger partial charge in [0.25, 0.3) is 0 Å². The van der Waals surface area contributed by atoms with Crippen LogP contribution in [0.4, 0.5) is 0 Å². The average molecular weight is 350 g/mol. The second-order valence-corrected chi connectivity index (χ2v) is 11.0. The predicted molar refractivity (Wildman–Crippen MR) is 82.7 cm³/mol. The first-order chi connectivity index (χ1) is 7.45. The largest absolute Gasteiger partial charge is 0.285 e. The van der Waals surface area contributed by atoms with Crippen molar-refractivity contribution in [3.63, 3.8) is 0 Å². The molecule has 0 spiro atoms. The molecule has 0 aliphatic heterocycles. The van der Waals surface area contributed by atoms with Crippen LogP contribution in [0.25, 0.3) is 0 Å². The van der Waals surface area contributed by atoms with E-state index in [0.29, 0.717) is 6.42 Å². The van der Waals surface area contributed by atoms with Gasteiger partial charge in [-0.1, -0.05) is 61.5 Å². The van der Waals surface area contributed by atoms with Crippen LogP contribution in [0.1, 0.15) is 38.5 Å². The van der Waals surface area contributed by atoms with E-state index >= 15 is 0 Å². The topological polar surface area (TPSA) is 17.1 Å². The van der Waals surface area contributed by atoms with Crippen LogP contribution in [0.2, 0.25) is 19.6 Å². The zero-order valence-electron chi connectivity index (χ0n) is 10.7. The summed E-state index contributed by atoms with van der Waals surface area (Å²) in [6, 6.07) is 0. The Kier molecular flexibility index (Phi) is 9.33. The first-order valence-electron chi connectivity index (χ1n) is 6.07. The number of Topliss-reactive ketones (excluding diaryl/α,β-unsaturated/α-hetero) is 1. The van der Waals surface area contributed by atoms with Gasteiger partial charge in [-0.05, 0) is 23.2 Å². The SMILES string of the molecule is C[Si](C)(C)C#CC(=O)CCCCCCCI. The predicted octanol–water partition coefficient (Wildman–Crippen LogP) is 4.21. The standard InChI is InChI=1S/C13H23IOSi/c1-16(2,3)12-10-13(15)9-7-5-4-6-8-11-14/h4-9,11H2,1-3H3. The minimum atomic E-state index is -1.37. The molecule has 0 aliphatic carbocycles. The number of rotatable bonds is 7. The third-order valence-electron chi connectivity index (χ3n) is 2.11. The molecular formula is C13H23IOSi.